The van der Waals surface area contributed by atoms with Crippen LogP contribution in [0.15, 0.2) is 47.3 Å². The molecule has 0 bridgehead atoms. The Hall–Kier alpha value is -4.51. The van der Waals surface area contributed by atoms with E-state index in [-0.39, 0.29) is 41.5 Å². The van der Waals surface area contributed by atoms with Crippen molar-refractivity contribution in [3.05, 3.63) is 80.9 Å². The van der Waals surface area contributed by atoms with Gasteiger partial charge in [0.05, 0.1) is 18.0 Å². The van der Waals surface area contributed by atoms with Crippen molar-refractivity contribution < 1.29 is 23.9 Å². The molecule has 1 saturated carbocycles. The summed E-state index contributed by atoms with van der Waals surface area (Å²) in [5, 5.41) is 14.9. The standard InChI is InChI=1S/C26H29FN4O4.C4H7NO.C2H6/c1-16-7-6-8-19(13-16)31(15-33)23-18(3)25(34)30(5)24(22(23)26(35)29(4)11-12-32)28-21-10-9-17(2)14-20(21)27;6-3-5-4-1-2-4;1-2/h6-10,13-15,28,32H,11-12H2,1-5H3;3-4H,1-2H2,(H,5,6);1-2H3. The molecule has 1 aliphatic carbocycles. The highest BCUT2D eigenvalue weighted by Gasteiger charge is 2.30. The average Bonchev–Trinajstić information content (AvgIpc) is 3.81. The van der Waals surface area contributed by atoms with Crippen LogP contribution in [0.25, 0.3) is 0 Å². The van der Waals surface area contributed by atoms with Gasteiger partial charge >= 0.3 is 0 Å². The van der Waals surface area contributed by atoms with Crippen LogP contribution in [-0.2, 0) is 16.6 Å². The van der Waals surface area contributed by atoms with Crippen molar-refractivity contribution in [3.63, 3.8) is 0 Å². The monoisotopic (exact) mass is 595 g/mol. The first kappa shape index (κ1) is 34.7. The number of amides is 3. The second-order valence-corrected chi connectivity index (χ2v) is 9.99. The average molecular weight is 596 g/mol. The third kappa shape index (κ3) is 8.74. The summed E-state index contributed by atoms with van der Waals surface area (Å²) < 4.78 is 16.0. The fourth-order valence-corrected chi connectivity index (χ4v) is 4.23. The van der Waals surface area contributed by atoms with Gasteiger partial charge in [0.2, 0.25) is 12.8 Å². The van der Waals surface area contributed by atoms with E-state index >= 15 is 0 Å². The minimum Gasteiger partial charge on any atom is -0.395 e. The molecule has 2 aromatic carbocycles. The Kier molecular flexibility index (Phi) is 13.1. The number of rotatable bonds is 10. The number of halogens is 1. The Morgan fingerprint density at radius 2 is 1.74 bits per heavy atom. The molecule has 1 aromatic heterocycles. The Labute approximate surface area is 252 Å². The van der Waals surface area contributed by atoms with E-state index < -0.39 is 17.3 Å². The number of aliphatic hydroxyl groups excluding tert-OH is 1. The Morgan fingerprint density at radius 3 is 2.26 bits per heavy atom. The van der Waals surface area contributed by atoms with Crippen LogP contribution in [0.5, 0.6) is 0 Å². The van der Waals surface area contributed by atoms with E-state index in [0.29, 0.717) is 23.7 Å². The smallest absolute Gasteiger partial charge is 0.259 e. The molecular weight excluding hydrogens is 553 g/mol. The number of anilines is 4. The summed E-state index contributed by atoms with van der Waals surface area (Å²) in [6, 6.07) is 12.1. The van der Waals surface area contributed by atoms with E-state index in [1.54, 1.807) is 31.2 Å². The second-order valence-electron chi connectivity index (χ2n) is 9.99. The number of carbonyl (C=O) groups is 3. The molecule has 3 aromatic rings. The number of nitrogens with zero attached hydrogens (tertiary/aromatic N) is 3. The quantitative estimate of drug-likeness (QED) is 0.297. The first-order chi connectivity index (χ1) is 20.5. The summed E-state index contributed by atoms with van der Waals surface area (Å²) in [6.07, 6.45) is 3.66. The minimum atomic E-state index is -0.562. The Bertz CT molecular complexity index is 1490. The van der Waals surface area contributed by atoms with Gasteiger partial charge in [-0.15, -0.1) is 0 Å². The van der Waals surface area contributed by atoms with E-state index in [0.717, 1.165) is 12.0 Å². The van der Waals surface area contributed by atoms with Crippen molar-refractivity contribution >= 4 is 41.6 Å². The number of carbonyl (C=O) groups excluding carboxylic acids is 3. The maximum atomic E-state index is 14.7. The van der Waals surface area contributed by atoms with Crippen molar-refractivity contribution in [1.29, 1.82) is 0 Å². The Balaban J connectivity index is 0.000000706. The van der Waals surface area contributed by atoms with Crippen molar-refractivity contribution in [3.8, 4) is 0 Å². The molecule has 0 saturated heterocycles. The lowest BCUT2D eigenvalue weighted by Gasteiger charge is -2.28. The van der Waals surface area contributed by atoms with Gasteiger partial charge in [-0.1, -0.05) is 32.0 Å². The molecule has 4 rings (SSSR count). The lowest BCUT2D eigenvalue weighted by atomic mass is 10.1. The molecule has 1 heterocycles. The highest BCUT2D eigenvalue weighted by molar-refractivity contribution is 6.08. The van der Waals surface area contributed by atoms with Crippen LogP contribution in [0.4, 0.5) is 27.3 Å². The fourth-order valence-electron chi connectivity index (χ4n) is 4.23. The predicted octanol–water partition coefficient (Wildman–Crippen LogP) is 4.47. The van der Waals surface area contributed by atoms with E-state index in [9.17, 15) is 28.7 Å². The summed E-state index contributed by atoms with van der Waals surface area (Å²) in [5.74, 6) is -1.09. The normalized spacial score (nSPS) is 11.7. The number of aliphatic hydroxyl groups is 1. The van der Waals surface area contributed by atoms with Crippen LogP contribution >= 0.6 is 0 Å². The van der Waals surface area contributed by atoms with Gasteiger partial charge in [0.25, 0.3) is 11.5 Å². The van der Waals surface area contributed by atoms with Crippen LogP contribution in [0.1, 0.15) is 53.7 Å². The van der Waals surface area contributed by atoms with Gasteiger partial charge in [-0.3, -0.25) is 28.6 Å². The van der Waals surface area contributed by atoms with Gasteiger partial charge in [-0.25, -0.2) is 4.39 Å². The van der Waals surface area contributed by atoms with E-state index in [4.69, 9.17) is 0 Å². The summed E-state index contributed by atoms with van der Waals surface area (Å²) in [5.41, 5.74) is 1.88. The molecule has 0 atom stereocenters. The molecule has 232 valence electrons. The highest BCUT2D eigenvalue weighted by atomic mass is 19.1. The SMILES string of the molecule is CC.Cc1cccc(N(C=O)c2c(C(=O)N(C)CCO)c(Nc3ccc(C)cc3F)n(C)c(=O)c2C)c1.O=CNC1CC1. The molecule has 43 heavy (non-hydrogen) atoms. The molecule has 3 amide bonds. The van der Waals surface area contributed by atoms with Crippen LogP contribution in [0.3, 0.4) is 0 Å². The first-order valence-corrected chi connectivity index (χ1v) is 14.2. The van der Waals surface area contributed by atoms with Crippen LogP contribution in [-0.4, -0.2) is 59.5 Å². The number of aryl methyl sites for hydroxylation is 2. The van der Waals surface area contributed by atoms with Crippen molar-refractivity contribution in [2.45, 2.75) is 53.5 Å². The first-order valence-electron chi connectivity index (χ1n) is 14.2. The van der Waals surface area contributed by atoms with Gasteiger partial charge in [-0.2, -0.15) is 0 Å². The third-order valence-corrected chi connectivity index (χ3v) is 6.67. The zero-order valence-corrected chi connectivity index (χ0v) is 25.9. The lowest BCUT2D eigenvalue weighted by Crippen LogP contribution is -2.36. The molecule has 1 fully saturated rings. The predicted molar refractivity (Wildman–Crippen MR) is 168 cm³/mol. The van der Waals surface area contributed by atoms with Crippen molar-refractivity contribution in [2.24, 2.45) is 7.05 Å². The lowest BCUT2D eigenvalue weighted by molar-refractivity contribution is -0.109. The van der Waals surface area contributed by atoms with Crippen LogP contribution in [0, 0.1) is 26.6 Å². The van der Waals surface area contributed by atoms with Gasteiger partial charge in [0.1, 0.15) is 17.2 Å². The number of aromatic nitrogens is 1. The molecule has 0 radical (unpaired) electrons. The Morgan fingerprint density at radius 1 is 1.09 bits per heavy atom. The zero-order chi connectivity index (χ0) is 32.3. The van der Waals surface area contributed by atoms with E-state index in [1.165, 1.54) is 60.4 Å². The molecule has 1 aliphatic rings. The van der Waals surface area contributed by atoms with Crippen molar-refractivity contribution in [1.82, 2.24) is 14.8 Å². The van der Waals surface area contributed by atoms with E-state index in [2.05, 4.69) is 10.6 Å². The maximum Gasteiger partial charge on any atom is 0.259 e. The molecule has 0 spiro atoms. The van der Waals surface area contributed by atoms with Gasteiger partial charge in [0, 0.05) is 37.9 Å². The number of likely N-dealkylation sites (N-methyl/N-ethyl adjacent to an activating group) is 1. The summed E-state index contributed by atoms with van der Waals surface area (Å²) >= 11 is 0. The van der Waals surface area contributed by atoms with Gasteiger partial charge in [-0.05, 0) is 69.0 Å². The van der Waals surface area contributed by atoms with Crippen LogP contribution < -0.4 is 21.1 Å². The van der Waals surface area contributed by atoms with Crippen molar-refractivity contribution in [2.75, 3.05) is 30.4 Å². The minimum absolute atomic E-state index is 0.00543. The summed E-state index contributed by atoms with van der Waals surface area (Å²) in [6.45, 7) is 8.87. The molecule has 3 N–H and O–H groups in total. The van der Waals surface area contributed by atoms with Crippen LogP contribution in [0.2, 0.25) is 0 Å². The largest absolute Gasteiger partial charge is 0.395 e. The van der Waals surface area contributed by atoms with Gasteiger partial charge in [0.15, 0.2) is 0 Å². The number of pyridine rings is 1. The number of hydrogen-bond acceptors (Lipinski definition) is 6. The molecular formula is C32H42FN5O5. The molecule has 10 nitrogen and oxygen atoms in total. The maximum absolute atomic E-state index is 14.7. The third-order valence-electron chi connectivity index (χ3n) is 6.67. The summed E-state index contributed by atoms with van der Waals surface area (Å²) in [7, 11) is 2.96. The summed E-state index contributed by atoms with van der Waals surface area (Å²) in [4.78, 5) is 51.3. The van der Waals surface area contributed by atoms with Gasteiger partial charge < -0.3 is 20.6 Å². The molecule has 0 unspecified atom stereocenters. The zero-order valence-electron chi connectivity index (χ0n) is 25.9. The topological polar surface area (TPSA) is 124 Å². The molecule has 0 aliphatic heterocycles. The second kappa shape index (κ2) is 16.2. The number of benzene rings is 2. The fraction of sp³-hybridized carbons (Fsp3) is 0.375. The number of hydrogen-bond donors (Lipinski definition) is 3. The highest BCUT2D eigenvalue weighted by Crippen LogP contribution is 2.36. The number of nitrogens with one attached hydrogen (secondary N) is 2. The van der Waals surface area contributed by atoms with E-state index in [1.807, 2.05) is 26.8 Å². The molecule has 11 heteroatoms.